The molecule has 1 saturated carbocycles. The minimum atomic E-state index is -0.626. The van der Waals surface area contributed by atoms with Crippen molar-refractivity contribution in [3.8, 4) is 11.5 Å². The van der Waals surface area contributed by atoms with Crippen molar-refractivity contribution in [3.05, 3.63) is 51.3 Å². The molecule has 2 aromatic rings. The molecule has 0 saturated heterocycles. The standard InChI is InChI=1S/C17H14ClN3O5/c1-25-15-11(18)6-10(7-12(15)21(23)24)16(22)20-9-17(3-4-17)26-14-2-5-19-8-13(14)20/h2,5-8H,3-4,9H2,1H3. The van der Waals surface area contributed by atoms with E-state index in [-0.39, 0.29) is 27.6 Å². The number of aromatic nitrogens is 1. The van der Waals surface area contributed by atoms with Gasteiger partial charge < -0.3 is 9.47 Å². The average molecular weight is 376 g/mol. The van der Waals surface area contributed by atoms with Gasteiger partial charge in [0.2, 0.25) is 5.75 Å². The number of halogens is 1. The van der Waals surface area contributed by atoms with E-state index in [1.807, 2.05) is 0 Å². The van der Waals surface area contributed by atoms with Gasteiger partial charge in [-0.2, -0.15) is 0 Å². The van der Waals surface area contributed by atoms with Crippen LogP contribution in [0.5, 0.6) is 11.5 Å². The molecule has 0 N–H and O–H groups in total. The van der Waals surface area contributed by atoms with Crippen LogP contribution in [0.1, 0.15) is 23.2 Å². The van der Waals surface area contributed by atoms with Crippen LogP contribution in [0, 0.1) is 10.1 Å². The van der Waals surface area contributed by atoms with Gasteiger partial charge in [-0.05, 0) is 18.9 Å². The monoisotopic (exact) mass is 375 g/mol. The Hall–Kier alpha value is -2.87. The first kappa shape index (κ1) is 16.6. The Morgan fingerprint density at radius 2 is 2.23 bits per heavy atom. The van der Waals surface area contributed by atoms with Gasteiger partial charge in [0.1, 0.15) is 17.0 Å². The molecule has 2 aliphatic rings. The highest BCUT2D eigenvalue weighted by atomic mass is 35.5. The van der Waals surface area contributed by atoms with E-state index in [2.05, 4.69) is 4.98 Å². The molecular weight excluding hydrogens is 362 g/mol. The minimum absolute atomic E-state index is 0.00542. The van der Waals surface area contributed by atoms with E-state index >= 15 is 0 Å². The summed E-state index contributed by atoms with van der Waals surface area (Å²) in [6.07, 6.45) is 4.84. The molecule has 0 radical (unpaired) electrons. The molecule has 134 valence electrons. The SMILES string of the molecule is COc1c(Cl)cc(C(=O)N2CC3(CC3)Oc3ccncc32)cc1[N+](=O)[O-]. The molecule has 1 aromatic carbocycles. The van der Waals surface area contributed by atoms with Gasteiger partial charge in [0, 0.05) is 23.9 Å². The lowest BCUT2D eigenvalue weighted by molar-refractivity contribution is -0.385. The number of hydrogen-bond donors (Lipinski definition) is 0. The summed E-state index contributed by atoms with van der Waals surface area (Å²) >= 11 is 6.09. The molecule has 1 aliphatic carbocycles. The largest absolute Gasteiger partial charge is 0.489 e. The van der Waals surface area contributed by atoms with Crippen molar-refractivity contribution in [3.63, 3.8) is 0 Å². The number of ether oxygens (including phenoxy) is 2. The van der Waals surface area contributed by atoms with Crippen LogP contribution < -0.4 is 14.4 Å². The normalized spacial score (nSPS) is 16.6. The van der Waals surface area contributed by atoms with E-state index in [9.17, 15) is 14.9 Å². The molecular formula is C17H14ClN3O5. The number of nitro groups is 1. The Morgan fingerprint density at radius 3 is 2.88 bits per heavy atom. The van der Waals surface area contributed by atoms with E-state index < -0.39 is 10.8 Å². The third kappa shape index (κ3) is 2.62. The van der Waals surface area contributed by atoms with Gasteiger partial charge in [-0.25, -0.2) is 0 Å². The Labute approximate surface area is 153 Å². The Kier molecular flexibility index (Phi) is 3.73. The van der Waals surface area contributed by atoms with E-state index in [0.29, 0.717) is 18.0 Å². The molecule has 0 unspecified atom stereocenters. The highest BCUT2D eigenvalue weighted by molar-refractivity contribution is 6.33. The maximum Gasteiger partial charge on any atom is 0.313 e. The first-order valence-electron chi connectivity index (χ1n) is 7.91. The maximum absolute atomic E-state index is 13.1. The summed E-state index contributed by atoms with van der Waals surface area (Å²) < 4.78 is 11.0. The van der Waals surface area contributed by atoms with Crippen molar-refractivity contribution >= 4 is 28.9 Å². The Bertz CT molecular complexity index is 929. The van der Waals surface area contributed by atoms with Crippen LogP contribution in [0.4, 0.5) is 11.4 Å². The van der Waals surface area contributed by atoms with Crippen molar-refractivity contribution in [2.75, 3.05) is 18.6 Å². The summed E-state index contributed by atoms with van der Waals surface area (Å²) in [6, 6.07) is 4.26. The Balaban J connectivity index is 1.78. The van der Waals surface area contributed by atoms with Crippen molar-refractivity contribution in [1.82, 2.24) is 4.98 Å². The van der Waals surface area contributed by atoms with Gasteiger partial charge >= 0.3 is 5.69 Å². The number of methoxy groups -OCH3 is 1. The number of nitro benzene ring substituents is 1. The second-order valence-electron chi connectivity index (χ2n) is 6.29. The number of carbonyl (C=O) groups excluding carboxylic acids is 1. The van der Waals surface area contributed by atoms with Crippen molar-refractivity contribution < 1.29 is 19.2 Å². The van der Waals surface area contributed by atoms with Crippen LogP contribution in [0.3, 0.4) is 0 Å². The van der Waals surface area contributed by atoms with Crippen LogP contribution in [-0.2, 0) is 0 Å². The molecule has 9 heteroatoms. The van der Waals surface area contributed by atoms with Crippen LogP contribution in [0.15, 0.2) is 30.6 Å². The number of rotatable bonds is 3. The zero-order chi connectivity index (χ0) is 18.5. The minimum Gasteiger partial charge on any atom is -0.489 e. The second kappa shape index (κ2) is 5.84. The fourth-order valence-corrected chi connectivity index (χ4v) is 3.37. The van der Waals surface area contributed by atoms with Gasteiger partial charge in [0.25, 0.3) is 5.91 Å². The fraction of sp³-hybridized carbons (Fsp3) is 0.294. The lowest BCUT2D eigenvalue weighted by atomic mass is 10.1. The quantitative estimate of drug-likeness (QED) is 0.603. The number of carbonyl (C=O) groups is 1. The smallest absolute Gasteiger partial charge is 0.313 e. The maximum atomic E-state index is 13.1. The number of nitrogens with zero attached hydrogens (tertiary/aromatic N) is 3. The highest BCUT2D eigenvalue weighted by Gasteiger charge is 2.51. The Morgan fingerprint density at radius 1 is 1.46 bits per heavy atom. The van der Waals surface area contributed by atoms with Crippen LogP contribution in [0.2, 0.25) is 5.02 Å². The van der Waals surface area contributed by atoms with E-state index in [4.69, 9.17) is 21.1 Å². The molecule has 1 spiro atoms. The molecule has 1 aromatic heterocycles. The van der Waals surface area contributed by atoms with Gasteiger partial charge in [0.05, 0.1) is 29.8 Å². The molecule has 1 aliphatic heterocycles. The van der Waals surface area contributed by atoms with Crippen molar-refractivity contribution in [1.29, 1.82) is 0 Å². The summed E-state index contributed by atoms with van der Waals surface area (Å²) in [7, 11) is 1.29. The molecule has 0 bridgehead atoms. The van der Waals surface area contributed by atoms with Crippen molar-refractivity contribution in [2.45, 2.75) is 18.4 Å². The van der Waals surface area contributed by atoms with Gasteiger partial charge in [-0.1, -0.05) is 11.6 Å². The zero-order valence-electron chi connectivity index (χ0n) is 13.8. The molecule has 4 rings (SSSR count). The second-order valence-corrected chi connectivity index (χ2v) is 6.69. The summed E-state index contributed by atoms with van der Waals surface area (Å²) in [6.45, 7) is 0.363. The number of pyridine rings is 1. The number of benzene rings is 1. The topological polar surface area (TPSA) is 94.8 Å². The number of fused-ring (bicyclic) bond motifs is 1. The average Bonchev–Trinajstić information content (AvgIpc) is 3.38. The highest BCUT2D eigenvalue weighted by Crippen LogP contribution is 2.48. The third-order valence-electron chi connectivity index (χ3n) is 4.55. The predicted molar refractivity (Wildman–Crippen MR) is 93.2 cm³/mol. The number of amides is 1. The predicted octanol–water partition coefficient (Wildman–Crippen LogP) is 3.22. The number of hydrogen-bond acceptors (Lipinski definition) is 6. The van der Waals surface area contributed by atoms with Crippen LogP contribution in [-0.4, -0.2) is 35.1 Å². The van der Waals surface area contributed by atoms with Gasteiger partial charge in [0.15, 0.2) is 0 Å². The lowest BCUT2D eigenvalue weighted by Crippen LogP contribution is -2.45. The molecule has 0 atom stereocenters. The van der Waals surface area contributed by atoms with Gasteiger partial charge in [-0.3, -0.25) is 24.8 Å². The summed E-state index contributed by atoms with van der Waals surface area (Å²) in [4.78, 5) is 29.4. The summed E-state index contributed by atoms with van der Waals surface area (Å²) in [5.41, 5.74) is -0.101. The van der Waals surface area contributed by atoms with Crippen LogP contribution >= 0.6 is 11.6 Å². The number of anilines is 1. The van der Waals surface area contributed by atoms with Gasteiger partial charge in [-0.15, -0.1) is 0 Å². The van der Waals surface area contributed by atoms with Crippen LogP contribution in [0.25, 0.3) is 0 Å². The molecule has 1 amide bonds. The zero-order valence-corrected chi connectivity index (χ0v) is 14.5. The van der Waals surface area contributed by atoms with E-state index in [1.165, 1.54) is 19.2 Å². The summed E-state index contributed by atoms with van der Waals surface area (Å²) in [5, 5.41) is 11.3. The van der Waals surface area contributed by atoms with Crippen molar-refractivity contribution in [2.24, 2.45) is 0 Å². The molecule has 26 heavy (non-hydrogen) atoms. The first-order valence-corrected chi connectivity index (χ1v) is 8.29. The fourth-order valence-electron chi connectivity index (χ4n) is 3.08. The van der Waals surface area contributed by atoms with E-state index in [0.717, 1.165) is 12.8 Å². The molecule has 1 fully saturated rings. The van der Waals surface area contributed by atoms with E-state index in [1.54, 1.807) is 23.4 Å². The lowest BCUT2D eigenvalue weighted by Gasteiger charge is -2.35. The first-order chi connectivity index (χ1) is 12.4. The molecule has 2 heterocycles. The summed E-state index contributed by atoms with van der Waals surface area (Å²) in [5.74, 6) is 0.101. The molecule has 8 nitrogen and oxygen atoms in total. The third-order valence-corrected chi connectivity index (χ3v) is 4.83.